The van der Waals surface area contributed by atoms with Gasteiger partial charge in [0.2, 0.25) is 0 Å². The monoisotopic (exact) mass is 312 g/mol. The van der Waals surface area contributed by atoms with E-state index in [1.165, 1.54) is 24.2 Å². The minimum Gasteiger partial charge on any atom is -0.395 e. The number of hydrogen-bond donors (Lipinski definition) is 2. The van der Waals surface area contributed by atoms with Crippen molar-refractivity contribution in [3.05, 3.63) is 21.9 Å². The van der Waals surface area contributed by atoms with Crippen molar-refractivity contribution in [1.29, 1.82) is 0 Å². The van der Waals surface area contributed by atoms with Gasteiger partial charge >= 0.3 is 0 Å². The Morgan fingerprint density at radius 2 is 2.38 bits per heavy atom. The third-order valence-corrected chi connectivity index (χ3v) is 4.87. The zero-order valence-corrected chi connectivity index (χ0v) is 13.3. The Labute approximate surface area is 129 Å². The first-order valence-corrected chi connectivity index (χ1v) is 8.27. The molecule has 2 N–H and O–H groups in total. The molecule has 5 nitrogen and oxygen atoms in total. The van der Waals surface area contributed by atoms with Crippen molar-refractivity contribution < 1.29 is 14.6 Å². The Balaban J connectivity index is 1.75. The Bertz CT molecular complexity index is 450. The van der Waals surface area contributed by atoms with Crippen molar-refractivity contribution >= 4 is 17.2 Å². The number of carbonyl (C=O) groups excluding carboxylic acids is 1. The van der Waals surface area contributed by atoms with Crippen LogP contribution in [0.2, 0.25) is 0 Å². The van der Waals surface area contributed by atoms with Crippen molar-refractivity contribution in [3.8, 4) is 0 Å². The highest BCUT2D eigenvalue weighted by Gasteiger charge is 2.21. The molecule has 0 radical (unpaired) electrons. The van der Waals surface area contributed by atoms with Gasteiger partial charge in [0.15, 0.2) is 0 Å². The number of nitrogens with one attached hydrogen (secondary N) is 1. The van der Waals surface area contributed by atoms with E-state index in [4.69, 9.17) is 4.74 Å². The highest BCUT2D eigenvalue weighted by Crippen LogP contribution is 2.17. The fraction of sp³-hybridized carbons (Fsp3) is 0.667. The number of thiophene rings is 1. The molecule has 0 aromatic carbocycles. The number of likely N-dealkylation sites (tertiary alicyclic amines) is 1. The number of aliphatic hydroxyl groups is 1. The maximum atomic E-state index is 12.0. The van der Waals surface area contributed by atoms with E-state index in [0.717, 1.165) is 29.3 Å². The van der Waals surface area contributed by atoms with Crippen LogP contribution in [0.5, 0.6) is 0 Å². The van der Waals surface area contributed by atoms with E-state index in [2.05, 4.69) is 10.2 Å². The molecule has 0 saturated carbocycles. The smallest absolute Gasteiger partial charge is 0.261 e. The fourth-order valence-corrected chi connectivity index (χ4v) is 3.58. The van der Waals surface area contributed by atoms with Crippen LogP contribution in [0.1, 0.15) is 33.8 Å². The Hall–Kier alpha value is -0.950. The molecular weight excluding hydrogens is 288 g/mol. The van der Waals surface area contributed by atoms with Crippen LogP contribution < -0.4 is 5.32 Å². The number of aliphatic hydroxyl groups excluding tert-OH is 1. The number of nitrogens with zero attached hydrogens (tertiary/aromatic N) is 1. The first kappa shape index (κ1) is 16.4. The number of ether oxygens (including phenoxy) is 1. The fourth-order valence-electron chi connectivity index (χ4n) is 2.68. The van der Waals surface area contributed by atoms with Crippen molar-refractivity contribution in [2.24, 2.45) is 0 Å². The van der Waals surface area contributed by atoms with E-state index in [1.54, 1.807) is 7.11 Å². The van der Waals surface area contributed by atoms with Gasteiger partial charge in [0.1, 0.15) is 0 Å². The summed E-state index contributed by atoms with van der Waals surface area (Å²) in [4.78, 5) is 16.1. The molecule has 0 spiro atoms. The lowest BCUT2D eigenvalue weighted by Crippen LogP contribution is -2.45. The van der Waals surface area contributed by atoms with Crippen molar-refractivity contribution in [2.45, 2.75) is 31.9 Å². The molecule has 118 valence electrons. The molecule has 1 fully saturated rings. The van der Waals surface area contributed by atoms with Crippen LogP contribution in [0.15, 0.2) is 12.1 Å². The molecule has 0 aliphatic carbocycles. The number of rotatable bonds is 7. The first-order valence-electron chi connectivity index (χ1n) is 7.45. The minimum atomic E-state index is -0.0279. The number of methoxy groups -OCH3 is 1. The minimum absolute atomic E-state index is 0.0279. The van der Waals surface area contributed by atoms with Crippen LogP contribution in [0.3, 0.4) is 0 Å². The number of amides is 1. The molecule has 21 heavy (non-hydrogen) atoms. The summed E-state index contributed by atoms with van der Waals surface area (Å²) in [6.45, 7) is 3.18. The number of piperidine rings is 1. The molecule has 1 atom stereocenters. The van der Waals surface area contributed by atoms with Crippen LogP contribution in [0, 0.1) is 0 Å². The van der Waals surface area contributed by atoms with E-state index in [-0.39, 0.29) is 18.6 Å². The SMILES string of the molecule is COCc1ccc(C(=O)NCCN2CCCCC2CO)s1. The number of hydrogen-bond acceptors (Lipinski definition) is 5. The molecule has 1 aromatic rings. The van der Waals surface area contributed by atoms with Gasteiger partial charge in [-0.05, 0) is 31.5 Å². The Morgan fingerprint density at radius 1 is 1.52 bits per heavy atom. The van der Waals surface area contributed by atoms with E-state index in [1.807, 2.05) is 12.1 Å². The van der Waals surface area contributed by atoms with E-state index < -0.39 is 0 Å². The van der Waals surface area contributed by atoms with Crippen LogP contribution in [0.4, 0.5) is 0 Å². The normalized spacial score (nSPS) is 19.6. The van der Waals surface area contributed by atoms with Gasteiger partial charge in [-0.25, -0.2) is 0 Å². The molecule has 2 heterocycles. The van der Waals surface area contributed by atoms with Gasteiger partial charge in [0.05, 0.1) is 18.1 Å². The van der Waals surface area contributed by atoms with E-state index >= 15 is 0 Å². The molecule has 1 aliphatic rings. The molecule has 2 rings (SSSR count). The second kappa shape index (κ2) is 8.48. The third-order valence-electron chi connectivity index (χ3n) is 3.82. The topological polar surface area (TPSA) is 61.8 Å². The van der Waals surface area contributed by atoms with Crippen LogP contribution >= 0.6 is 11.3 Å². The maximum Gasteiger partial charge on any atom is 0.261 e. The summed E-state index contributed by atoms with van der Waals surface area (Å²) in [7, 11) is 1.65. The predicted molar refractivity (Wildman–Crippen MR) is 83.7 cm³/mol. The average molecular weight is 312 g/mol. The van der Waals surface area contributed by atoms with E-state index in [9.17, 15) is 9.90 Å². The van der Waals surface area contributed by atoms with Crippen molar-refractivity contribution in [2.75, 3.05) is 33.4 Å². The maximum absolute atomic E-state index is 12.0. The van der Waals surface area contributed by atoms with Gasteiger partial charge < -0.3 is 15.2 Å². The summed E-state index contributed by atoms with van der Waals surface area (Å²) >= 11 is 1.47. The van der Waals surface area contributed by atoms with E-state index in [0.29, 0.717) is 13.2 Å². The second-order valence-electron chi connectivity index (χ2n) is 5.32. The summed E-state index contributed by atoms with van der Waals surface area (Å²) in [6, 6.07) is 4.02. The van der Waals surface area contributed by atoms with Crippen LogP contribution in [-0.4, -0.2) is 55.3 Å². The van der Waals surface area contributed by atoms with Gasteiger partial charge in [-0.15, -0.1) is 11.3 Å². The number of carbonyl (C=O) groups is 1. The largest absolute Gasteiger partial charge is 0.395 e. The predicted octanol–water partition coefficient (Wildman–Crippen LogP) is 1.47. The molecule has 0 bridgehead atoms. The lowest BCUT2D eigenvalue weighted by Gasteiger charge is -2.34. The molecule has 6 heteroatoms. The van der Waals surface area contributed by atoms with Gasteiger partial charge in [0.25, 0.3) is 5.91 Å². The standard InChI is InChI=1S/C15H24N2O3S/c1-20-11-13-5-6-14(21-13)15(19)16-7-9-17-8-3-2-4-12(17)10-18/h5-6,12,18H,2-4,7-11H2,1H3,(H,16,19). The van der Waals surface area contributed by atoms with Crippen LogP contribution in [-0.2, 0) is 11.3 Å². The highest BCUT2D eigenvalue weighted by atomic mass is 32.1. The van der Waals surface area contributed by atoms with Gasteiger partial charge in [-0.2, -0.15) is 0 Å². The zero-order chi connectivity index (χ0) is 15.1. The van der Waals surface area contributed by atoms with Gasteiger partial charge in [-0.3, -0.25) is 9.69 Å². The zero-order valence-electron chi connectivity index (χ0n) is 12.5. The summed E-state index contributed by atoms with van der Waals surface area (Å²) < 4.78 is 5.05. The lowest BCUT2D eigenvalue weighted by atomic mass is 10.0. The molecule has 1 unspecified atom stereocenters. The summed E-state index contributed by atoms with van der Waals surface area (Å²) in [5.74, 6) is -0.0279. The Morgan fingerprint density at radius 3 is 3.14 bits per heavy atom. The van der Waals surface area contributed by atoms with Gasteiger partial charge in [-0.1, -0.05) is 6.42 Å². The first-order chi connectivity index (χ1) is 10.2. The quantitative estimate of drug-likeness (QED) is 0.800. The second-order valence-corrected chi connectivity index (χ2v) is 6.49. The third kappa shape index (κ3) is 4.78. The summed E-state index contributed by atoms with van der Waals surface area (Å²) in [5.41, 5.74) is 0. The van der Waals surface area contributed by atoms with Gasteiger partial charge in [0, 0.05) is 31.1 Å². The van der Waals surface area contributed by atoms with Crippen molar-refractivity contribution in [1.82, 2.24) is 10.2 Å². The molecule has 1 aliphatic heterocycles. The molecule has 1 saturated heterocycles. The average Bonchev–Trinajstić information content (AvgIpc) is 2.97. The lowest BCUT2D eigenvalue weighted by molar-refractivity contribution is 0.0851. The highest BCUT2D eigenvalue weighted by molar-refractivity contribution is 7.14. The molecule has 1 aromatic heterocycles. The van der Waals surface area contributed by atoms with Crippen molar-refractivity contribution in [3.63, 3.8) is 0 Å². The Kier molecular flexibility index (Phi) is 6.63. The summed E-state index contributed by atoms with van der Waals surface area (Å²) in [6.07, 6.45) is 3.41. The molecular formula is C15H24N2O3S. The summed E-state index contributed by atoms with van der Waals surface area (Å²) in [5, 5.41) is 12.3. The van der Waals surface area contributed by atoms with Crippen LogP contribution in [0.25, 0.3) is 0 Å². The molecule has 1 amide bonds.